The monoisotopic (exact) mass is 425 g/mol. The van der Waals surface area contributed by atoms with Crippen LogP contribution < -0.4 is 9.64 Å². The maximum Gasteiger partial charge on any atom is 0.233 e. The SMILES string of the molecule is COc1ccc(C)c2sc(N(CCCN(C)C)C(=O)Cc3ccc(C)cc3C)nc12. The highest BCUT2D eigenvalue weighted by molar-refractivity contribution is 7.22. The van der Waals surface area contributed by atoms with Crippen molar-refractivity contribution in [3.63, 3.8) is 0 Å². The Labute approximate surface area is 183 Å². The standard InChI is InChI=1S/C24H31N3O2S/c1-16-8-10-19(18(3)14-16)15-21(28)27(13-7-12-26(4)5)24-25-22-20(29-6)11-9-17(2)23(22)30-24/h8-11,14H,7,12-13,15H2,1-6H3. The van der Waals surface area contributed by atoms with Crippen LogP contribution in [0.15, 0.2) is 30.3 Å². The summed E-state index contributed by atoms with van der Waals surface area (Å²) in [7, 11) is 5.75. The van der Waals surface area contributed by atoms with Gasteiger partial charge in [0.25, 0.3) is 0 Å². The van der Waals surface area contributed by atoms with Crippen LogP contribution in [-0.2, 0) is 11.2 Å². The normalized spacial score (nSPS) is 11.3. The summed E-state index contributed by atoms with van der Waals surface area (Å²) >= 11 is 1.57. The number of amides is 1. The van der Waals surface area contributed by atoms with Gasteiger partial charge in [-0.15, -0.1) is 0 Å². The summed E-state index contributed by atoms with van der Waals surface area (Å²) in [6.07, 6.45) is 1.26. The van der Waals surface area contributed by atoms with E-state index in [-0.39, 0.29) is 5.91 Å². The number of methoxy groups -OCH3 is 1. The minimum absolute atomic E-state index is 0.0800. The number of aryl methyl sites for hydroxylation is 3. The van der Waals surface area contributed by atoms with Crippen molar-refractivity contribution >= 4 is 32.6 Å². The van der Waals surface area contributed by atoms with E-state index >= 15 is 0 Å². The summed E-state index contributed by atoms with van der Waals surface area (Å²) in [6.45, 7) is 7.77. The Kier molecular flexibility index (Phi) is 7.10. The van der Waals surface area contributed by atoms with Gasteiger partial charge in [0, 0.05) is 6.54 Å². The Balaban J connectivity index is 1.94. The van der Waals surface area contributed by atoms with Gasteiger partial charge in [-0.3, -0.25) is 9.69 Å². The molecule has 0 fully saturated rings. The van der Waals surface area contributed by atoms with Crippen LogP contribution in [0.5, 0.6) is 5.75 Å². The molecule has 3 aromatic rings. The molecule has 5 nitrogen and oxygen atoms in total. The number of thiazole rings is 1. The van der Waals surface area contributed by atoms with Crippen LogP contribution in [0.25, 0.3) is 10.2 Å². The van der Waals surface area contributed by atoms with Crippen LogP contribution in [0.1, 0.15) is 28.7 Å². The third kappa shape index (κ3) is 4.99. The van der Waals surface area contributed by atoms with Crippen LogP contribution in [0.3, 0.4) is 0 Å². The number of fused-ring (bicyclic) bond motifs is 1. The van der Waals surface area contributed by atoms with Crippen molar-refractivity contribution in [2.24, 2.45) is 0 Å². The lowest BCUT2D eigenvalue weighted by atomic mass is 10.0. The minimum Gasteiger partial charge on any atom is -0.494 e. The number of aromatic nitrogens is 1. The van der Waals surface area contributed by atoms with Crippen molar-refractivity contribution in [3.8, 4) is 5.75 Å². The van der Waals surface area contributed by atoms with E-state index in [1.54, 1.807) is 18.4 Å². The van der Waals surface area contributed by atoms with E-state index in [0.717, 1.165) is 50.8 Å². The largest absolute Gasteiger partial charge is 0.494 e. The summed E-state index contributed by atoms with van der Waals surface area (Å²) in [4.78, 5) is 22.2. The van der Waals surface area contributed by atoms with Crippen molar-refractivity contribution in [1.82, 2.24) is 9.88 Å². The molecular formula is C24H31N3O2S. The maximum absolute atomic E-state index is 13.4. The molecule has 0 saturated heterocycles. The van der Waals surface area contributed by atoms with E-state index in [2.05, 4.69) is 43.9 Å². The second kappa shape index (κ2) is 9.58. The number of anilines is 1. The van der Waals surface area contributed by atoms with Crippen molar-refractivity contribution < 1.29 is 9.53 Å². The summed E-state index contributed by atoms with van der Waals surface area (Å²) in [6, 6.07) is 10.2. The molecule has 0 atom stereocenters. The number of hydrogen-bond acceptors (Lipinski definition) is 5. The van der Waals surface area contributed by atoms with E-state index < -0.39 is 0 Å². The number of nitrogens with zero attached hydrogens (tertiary/aromatic N) is 3. The van der Waals surface area contributed by atoms with Crippen molar-refractivity contribution in [3.05, 3.63) is 52.6 Å². The predicted molar refractivity (Wildman–Crippen MR) is 126 cm³/mol. The Hall–Kier alpha value is -2.44. The molecule has 160 valence electrons. The molecule has 0 aliphatic carbocycles. The zero-order valence-electron chi connectivity index (χ0n) is 18.8. The van der Waals surface area contributed by atoms with Crippen LogP contribution in [0.2, 0.25) is 0 Å². The first-order valence-corrected chi connectivity index (χ1v) is 11.1. The van der Waals surface area contributed by atoms with E-state index in [0.29, 0.717) is 13.0 Å². The lowest BCUT2D eigenvalue weighted by molar-refractivity contribution is -0.118. The van der Waals surface area contributed by atoms with Crippen LogP contribution in [0.4, 0.5) is 5.13 Å². The first-order valence-electron chi connectivity index (χ1n) is 10.3. The lowest BCUT2D eigenvalue weighted by Crippen LogP contribution is -2.34. The topological polar surface area (TPSA) is 45.7 Å². The third-order valence-corrected chi connectivity index (χ3v) is 6.48. The zero-order valence-corrected chi connectivity index (χ0v) is 19.6. The molecule has 0 aliphatic rings. The van der Waals surface area contributed by atoms with E-state index in [9.17, 15) is 4.79 Å². The molecule has 1 amide bonds. The molecule has 0 N–H and O–H groups in total. The van der Waals surface area contributed by atoms with Crippen molar-refractivity contribution in [1.29, 1.82) is 0 Å². The van der Waals surface area contributed by atoms with Gasteiger partial charge in [0.1, 0.15) is 11.3 Å². The number of carbonyl (C=O) groups is 1. The number of ether oxygens (including phenoxy) is 1. The van der Waals surface area contributed by atoms with Crippen molar-refractivity contribution in [2.45, 2.75) is 33.6 Å². The van der Waals surface area contributed by atoms with Crippen LogP contribution >= 0.6 is 11.3 Å². The molecule has 3 rings (SSSR count). The van der Waals surface area contributed by atoms with E-state index in [1.165, 1.54) is 5.56 Å². The van der Waals surface area contributed by atoms with E-state index in [1.807, 2.05) is 31.1 Å². The molecule has 1 aromatic heterocycles. The first kappa shape index (κ1) is 22.2. The highest BCUT2D eigenvalue weighted by Gasteiger charge is 2.22. The highest BCUT2D eigenvalue weighted by Crippen LogP contribution is 2.36. The molecule has 0 bridgehead atoms. The van der Waals surface area contributed by atoms with Gasteiger partial charge in [-0.05, 0) is 70.6 Å². The van der Waals surface area contributed by atoms with Crippen LogP contribution in [-0.4, -0.2) is 50.1 Å². The molecule has 0 saturated carbocycles. The quantitative estimate of drug-likeness (QED) is 0.522. The average molecular weight is 426 g/mol. The first-order chi connectivity index (χ1) is 14.3. The molecule has 0 spiro atoms. The molecule has 1 heterocycles. The Morgan fingerprint density at radius 1 is 1.07 bits per heavy atom. The van der Waals surface area contributed by atoms with Gasteiger partial charge in [-0.1, -0.05) is 41.2 Å². The number of carbonyl (C=O) groups excluding carboxylic acids is 1. The second-order valence-corrected chi connectivity index (χ2v) is 9.05. The fourth-order valence-electron chi connectivity index (χ4n) is 3.55. The number of benzene rings is 2. The average Bonchev–Trinajstić information content (AvgIpc) is 3.13. The third-order valence-electron chi connectivity index (χ3n) is 5.27. The summed E-state index contributed by atoms with van der Waals surface area (Å²) in [5.41, 5.74) is 5.40. The molecule has 2 aromatic carbocycles. The predicted octanol–water partition coefficient (Wildman–Crippen LogP) is 4.76. The Bertz CT molecular complexity index is 1040. The van der Waals surface area contributed by atoms with E-state index in [4.69, 9.17) is 9.72 Å². The second-order valence-electron chi connectivity index (χ2n) is 8.07. The van der Waals surface area contributed by atoms with Gasteiger partial charge in [-0.25, -0.2) is 4.98 Å². The zero-order chi connectivity index (χ0) is 21.8. The fourth-order valence-corrected chi connectivity index (χ4v) is 4.65. The molecule has 0 unspecified atom stereocenters. The number of hydrogen-bond donors (Lipinski definition) is 0. The molecule has 0 radical (unpaired) electrons. The highest BCUT2D eigenvalue weighted by atomic mass is 32.1. The Morgan fingerprint density at radius 3 is 2.50 bits per heavy atom. The molecule has 0 aliphatic heterocycles. The van der Waals surface area contributed by atoms with Gasteiger partial charge in [-0.2, -0.15) is 0 Å². The number of rotatable bonds is 8. The van der Waals surface area contributed by atoms with Gasteiger partial charge in [0.15, 0.2) is 5.13 Å². The lowest BCUT2D eigenvalue weighted by Gasteiger charge is -2.21. The van der Waals surface area contributed by atoms with Gasteiger partial charge < -0.3 is 9.64 Å². The summed E-state index contributed by atoms with van der Waals surface area (Å²) < 4.78 is 6.58. The summed E-state index contributed by atoms with van der Waals surface area (Å²) in [5.74, 6) is 0.824. The molecular weight excluding hydrogens is 394 g/mol. The van der Waals surface area contributed by atoms with Crippen LogP contribution in [0, 0.1) is 20.8 Å². The Morgan fingerprint density at radius 2 is 1.83 bits per heavy atom. The fraction of sp³-hybridized carbons (Fsp3) is 0.417. The smallest absolute Gasteiger partial charge is 0.233 e. The summed E-state index contributed by atoms with van der Waals surface area (Å²) in [5, 5.41) is 0.742. The van der Waals surface area contributed by atoms with Gasteiger partial charge >= 0.3 is 0 Å². The van der Waals surface area contributed by atoms with Gasteiger partial charge in [0.2, 0.25) is 5.91 Å². The van der Waals surface area contributed by atoms with Crippen molar-refractivity contribution in [2.75, 3.05) is 39.2 Å². The maximum atomic E-state index is 13.4. The molecule has 6 heteroatoms. The van der Waals surface area contributed by atoms with Gasteiger partial charge in [0.05, 0.1) is 18.2 Å². The minimum atomic E-state index is 0.0800. The molecule has 30 heavy (non-hydrogen) atoms.